The Morgan fingerprint density at radius 1 is 1.47 bits per heavy atom. The molecule has 0 aliphatic rings. The number of aromatic nitrogens is 1. The first kappa shape index (κ1) is 12.2. The Bertz CT molecular complexity index is 479. The lowest BCUT2D eigenvalue weighted by Crippen LogP contribution is -2.15. The first-order chi connectivity index (χ1) is 8.25. The molecule has 0 saturated heterocycles. The molecule has 6 heteroatoms. The van der Waals surface area contributed by atoms with Gasteiger partial charge in [0.1, 0.15) is 0 Å². The first-order valence-electron chi connectivity index (χ1n) is 5.15. The number of carboxylic acids is 1. The van der Waals surface area contributed by atoms with Gasteiger partial charge in [-0.2, -0.15) is 0 Å². The SMILES string of the molecule is O=C(O)c1csc(CNCCc2nccs2)c1. The average molecular weight is 268 g/mol. The van der Waals surface area contributed by atoms with E-state index < -0.39 is 5.97 Å². The van der Waals surface area contributed by atoms with E-state index in [0.717, 1.165) is 22.9 Å². The van der Waals surface area contributed by atoms with Crippen LogP contribution in [-0.4, -0.2) is 22.6 Å². The molecule has 2 aromatic rings. The number of thiophene rings is 1. The monoisotopic (exact) mass is 268 g/mol. The van der Waals surface area contributed by atoms with Crippen molar-refractivity contribution in [2.75, 3.05) is 6.54 Å². The van der Waals surface area contributed by atoms with Crippen molar-refractivity contribution in [2.24, 2.45) is 0 Å². The summed E-state index contributed by atoms with van der Waals surface area (Å²) < 4.78 is 0. The normalized spacial score (nSPS) is 10.6. The van der Waals surface area contributed by atoms with Crippen LogP contribution in [-0.2, 0) is 13.0 Å². The summed E-state index contributed by atoms with van der Waals surface area (Å²) in [6, 6.07) is 1.71. The molecule has 0 fully saturated rings. The molecule has 0 spiro atoms. The van der Waals surface area contributed by atoms with Crippen molar-refractivity contribution in [3.8, 4) is 0 Å². The molecule has 0 aliphatic heterocycles. The zero-order valence-corrected chi connectivity index (χ0v) is 10.7. The third kappa shape index (κ3) is 3.62. The van der Waals surface area contributed by atoms with Crippen LogP contribution >= 0.6 is 22.7 Å². The number of carboxylic acid groups (broad SMARTS) is 1. The van der Waals surface area contributed by atoms with Crippen LogP contribution in [0.25, 0.3) is 0 Å². The van der Waals surface area contributed by atoms with E-state index >= 15 is 0 Å². The van der Waals surface area contributed by atoms with E-state index in [0.29, 0.717) is 12.1 Å². The van der Waals surface area contributed by atoms with Crippen LogP contribution in [0.2, 0.25) is 0 Å². The van der Waals surface area contributed by atoms with E-state index in [1.54, 1.807) is 29.0 Å². The molecule has 0 bridgehead atoms. The maximum Gasteiger partial charge on any atom is 0.336 e. The van der Waals surface area contributed by atoms with E-state index in [4.69, 9.17) is 5.11 Å². The third-order valence-corrected chi connectivity index (χ3v) is 3.98. The summed E-state index contributed by atoms with van der Waals surface area (Å²) in [7, 11) is 0. The second-order valence-electron chi connectivity index (χ2n) is 3.46. The lowest BCUT2D eigenvalue weighted by Gasteiger charge is -2.00. The highest BCUT2D eigenvalue weighted by Crippen LogP contribution is 2.14. The molecule has 4 nitrogen and oxygen atoms in total. The van der Waals surface area contributed by atoms with Crippen molar-refractivity contribution >= 4 is 28.6 Å². The van der Waals surface area contributed by atoms with E-state index in [-0.39, 0.29) is 0 Å². The highest BCUT2D eigenvalue weighted by molar-refractivity contribution is 7.10. The van der Waals surface area contributed by atoms with Gasteiger partial charge in [0.05, 0.1) is 10.6 Å². The van der Waals surface area contributed by atoms with Crippen LogP contribution in [0, 0.1) is 0 Å². The number of hydrogen-bond donors (Lipinski definition) is 2. The van der Waals surface area contributed by atoms with Crippen LogP contribution in [0.5, 0.6) is 0 Å². The Morgan fingerprint density at radius 3 is 3.00 bits per heavy atom. The zero-order chi connectivity index (χ0) is 12.1. The number of carbonyl (C=O) groups is 1. The van der Waals surface area contributed by atoms with Crippen molar-refractivity contribution in [3.05, 3.63) is 38.5 Å². The van der Waals surface area contributed by atoms with Crippen LogP contribution in [0.15, 0.2) is 23.0 Å². The summed E-state index contributed by atoms with van der Waals surface area (Å²) in [4.78, 5) is 15.9. The fourth-order valence-electron chi connectivity index (χ4n) is 1.37. The summed E-state index contributed by atoms with van der Waals surface area (Å²) in [6.07, 6.45) is 2.72. The molecule has 0 amide bonds. The van der Waals surface area contributed by atoms with E-state index in [2.05, 4.69) is 10.3 Å². The summed E-state index contributed by atoms with van der Waals surface area (Å²) in [6.45, 7) is 1.57. The molecule has 90 valence electrons. The maximum atomic E-state index is 10.7. The maximum absolute atomic E-state index is 10.7. The molecule has 0 radical (unpaired) electrons. The first-order valence-corrected chi connectivity index (χ1v) is 6.91. The summed E-state index contributed by atoms with van der Waals surface area (Å²) in [5.74, 6) is -0.865. The second-order valence-corrected chi connectivity index (χ2v) is 5.43. The predicted molar refractivity (Wildman–Crippen MR) is 68.8 cm³/mol. The van der Waals surface area contributed by atoms with Gasteiger partial charge >= 0.3 is 5.97 Å². The summed E-state index contributed by atoms with van der Waals surface area (Å²) in [5, 5.41) is 16.8. The van der Waals surface area contributed by atoms with Crippen molar-refractivity contribution in [3.63, 3.8) is 0 Å². The largest absolute Gasteiger partial charge is 0.478 e. The molecular weight excluding hydrogens is 256 g/mol. The number of nitrogens with zero attached hydrogens (tertiary/aromatic N) is 1. The van der Waals surface area contributed by atoms with Crippen LogP contribution < -0.4 is 5.32 Å². The van der Waals surface area contributed by atoms with Crippen LogP contribution in [0.1, 0.15) is 20.2 Å². The van der Waals surface area contributed by atoms with Gasteiger partial charge in [0.25, 0.3) is 0 Å². The Hall–Kier alpha value is -1.24. The summed E-state index contributed by atoms with van der Waals surface area (Å²) in [5.41, 5.74) is 0.367. The minimum atomic E-state index is -0.865. The number of nitrogens with one attached hydrogen (secondary N) is 1. The van der Waals surface area contributed by atoms with E-state index in [1.165, 1.54) is 11.3 Å². The van der Waals surface area contributed by atoms with Crippen LogP contribution in [0.4, 0.5) is 0 Å². The second kappa shape index (κ2) is 5.90. The van der Waals surface area contributed by atoms with Gasteiger partial charge in [-0.3, -0.25) is 0 Å². The van der Waals surface area contributed by atoms with Crippen molar-refractivity contribution in [1.29, 1.82) is 0 Å². The predicted octanol–water partition coefficient (Wildman–Crippen LogP) is 2.24. The minimum absolute atomic E-state index is 0.367. The van der Waals surface area contributed by atoms with Gasteiger partial charge in [-0.15, -0.1) is 22.7 Å². The smallest absolute Gasteiger partial charge is 0.336 e. The van der Waals surface area contributed by atoms with Gasteiger partial charge in [0.15, 0.2) is 0 Å². The number of aromatic carboxylic acids is 1. The molecule has 2 heterocycles. The number of rotatable bonds is 6. The van der Waals surface area contributed by atoms with Gasteiger partial charge in [-0.25, -0.2) is 9.78 Å². The van der Waals surface area contributed by atoms with Gasteiger partial charge in [0, 0.05) is 41.3 Å². The molecule has 0 atom stereocenters. The molecule has 0 saturated carbocycles. The fraction of sp³-hybridized carbons (Fsp3) is 0.273. The van der Waals surface area contributed by atoms with E-state index in [9.17, 15) is 4.79 Å². The highest BCUT2D eigenvalue weighted by atomic mass is 32.1. The van der Waals surface area contributed by atoms with Gasteiger partial charge in [-0.1, -0.05) is 0 Å². The molecule has 17 heavy (non-hydrogen) atoms. The fourth-order valence-corrected chi connectivity index (χ4v) is 2.82. The standard InChI is InChI=1S/C11H12N2O2S2/c14-11(15)8-5-9(17-7-8)6-12-2-1-10-13-3-4-16-10/h3-5,7,12H,1-2,6H2,(H,14,15). The third-order valence-electron chi connectivity index (χ3n) is 2.20. The Labute approximate surface area is 107 Å². The Balaban J connectivity index is 1.72. The van der Waals surface area contributed by atoms with E-state index in [1.807, 2.05) is 5.38 Å². The summed E-state index contributed by atoms with van der Waals surface area (Å²) >= 11 is 3.12. The van der Waals surface area contributed by atoms with Crippen LogP contribution in [0.3, 0.4) is 0 Å². The lowest BCUT2D eigenvalue weighted by molar-refractivity contribution is 0.0697. The van der Waals surface area contributed by atoms with Crippen molar-refractivity contribution in [1.82, 2.24) is 10.3 Å². The minimum Gasteiger partial charge on any atom is -0.478 e. The number of hydrogen-bond acceptors (Lipinski definition) is 5. The average Bonchev–Trinajstić information content (AvgIpc) is 2.96. The van der Waals surface area contributed by atoms with Crippen molar-refractivity contribution < 1.29 is 9.90 Å². The molecule has 0 unspecified atom stereocenters. The molecule has 2 aromatic heterocycles. The highest BCUT2D eigenvalue weighted by Gasteiger charge is 2.05. The Kier molecular flexibility index (Phi) is 4.24. The lowest BCUT2D eigenvalue weighted by atomic mass is 10.3. The molecular formula is C11H12N2O2S2. The zero-order valence-electron chi connectivity index (χ0n) is 9.05. The van der Waals surface area contributed by atoms with Gasteiger partial charge in [-0.05, 0) is 6.07 Å². The topological polar surface area (TPSA) is 62.2 Å². The molecule has 2 N–H and O–H groups in total. The Morgan fingerprint density at radius 2 is 2.35 bits per heavy atom. The molecule has 0 aliphatic carbocycles. The number of thiazole rings is 1. The molecule has 2 rings (SSSR count). The van der Waals surface area contributed by atoms with Gasteiger partial charge < -0.3 is 10.4 Å². The van der Waals surface area contributed by atoms with Gasteiger partial charge in [0.2, 0.25) is 0 Å². The van der Waals surface area contributed by atoms with Crippen molar-refractivity contribution in [2.45, 2.75) is 13.0 Å². The molecule has 0 aromatic carbocycles. The quantitative estimate of drug-likeness (QED) is 0.789.